The first-order valence-electron chi connectivity index (χ1n) is 39.2. The Labute approximate surface area is 581 Å². The van der Waals surface area contributed by atoms with E-state index in [0.717, 1.165) is 114 Å². The Morgan fingerprint density at radius 3 is 0.747 bits per heavy atom. The number of unbranched alkanes of at least 4 members (excludes halogenated alkanes) is 38. The van der Waals surface area contributed by atoms with Gasteiger partial charge in [-0.1, -0.05) is 331 Å². The van der Waals surface area contributed by atoms with Gasteiger partial charge in [0.05, 0.1) is 26.4 Å². The normalized spacial score (nSPS) is 14.4. The fraction of sp³-hybridized carbons (Fsp3) is 0.947. The van der Waals surface area contributed by atoms with Gasteiger partial charge in [0, 0.05) is 25.7 Å². The molecule has 0 saturated heterocycles. The van der Waals surface area contributed by atoms with Crippen LogP contribution in [0.15, 0.2) is 0 Å². The fourth-order valence-corrected chi connectivity index (χ4v) is 13.1. The maximum absolute atomic E-state index is 13.1. The summed E-state index contributed by atoms with van der Waals surface area (Å²) in [7, 11) is -9.91. The van der Waals surface area contributed by atoms with E-state index in [1.54, 1.807) is 0 Å². The molecule has 0 aromatic heterocycles. The lowest BCUT2D eigenvalue weighted by molar-refractivity contribution is -0.161. The second-order valence-corrected chi connectivity index (χ2v) is 32.0. The Kier molecular flexibility index (Phi) is 64.0. The van der Waals surface area contributed by atoms with Crippen LogP contribution >= 0.6 is 15.6 Å². The molecule has 0 amide bonds. The zero-order valence-corrected chi connectivity index (χ0v) is 64.1. The van der Waals surface area contributed by atoms with Crippen LogP contribution in [0.2, 0.25) is 0 Å². The first-order valence-corrected chi connectivity index (χ1v) is 42.2. The topological polar surface area (TPSA) is 237 Å². The number of aliphatic hydroxyl groups is 1. The van der Waals surface area contributed by atoms with Gasteiger partial charge in [-0.3, -0.25) is 37.3 Å². The first-order chi connectivity index (χ1) is 45.6. The maximum Gasteiger partial charge on any atom is 0.472 e. The number of aliphatic hydroxyl groups excluding tert-OH is 1. The Morgan fingerprint density at radius 1 is 0.295 bits per heavy atom. The molecule has 0 aliphatic carbocycles. The highest BCUT2D eigenvalue weighted by atomic mass is 31.2. The highest BCUT2D eigenvalue weighted by molar-refractivity contribution is 7.47. The van der Waals surface area contributed by atoms with Crippen LogP contribution in [0.5, 0.6) is 0 Å². The molecule has 0 fully saturated rings. The zero-order chi connectivity index (χ0) is 70.3. The third-order valence-corrected chi connectivity index (χ3v) is 19.8. The molecule has 3 N–H and O–H groups in total. The number of esters is 4. The van der Waals surface area contributed by atoms with Crippen molar-refractivity contribution < 1.29 is 80.2 Å². The van der Waals surface area contributed by atoms with Crippen LogP contribution in [0.1, 0.15) is 383 Å². The molecular formula is C76H148O17P2. The van der Waals surface area contributed by atoms with E-state index in [1.807, 2.05) is 0 Å². The van der Waals surface area contributed by atoms with Crippen molar-refractivity contribution in [2.24, 2.45) is 23.7 Å². The van der Waals surface area contributed by atoms with Crippen molar-refractivity contribution in [3.05, 3.63) is 0 Å². The summed E-state index contributed by atoms with van der Waals surface area (Å²) >= 11 is 0. The fourth-order valence-electron chi connectivity index (χ4n) is 11.5. The average Bonchev–Trinajstić information content (AvgIpc) is 1.69. The van der Waals surface area contributed by atoms with E-state index in [0.29, 0.717) is 31.6 Å². The lowest BCUT2D eigenvalue weighted by Gasteiger charge is -2.21. The standard InChI is InChI=1S/C76H148O17P2/c1-9-69(8)55-47-39-30-23-19-15-11-13-17-21-25-33-43-51-58-75(80)92-71(62-86-73(78)56-48-40-31-27-26-29-37-45-53-67(4)5)64-90-94(82,83)88-60-70(77)61-89-95(84,85)91-65-72(63-87-74(79)57-49-41-35-34-38-46-54-68(6)7)93-76(81)59-50-42-32-24-20-16-12-10-14-18-22-28-36-44-52-66(2)3/h66-72,77H,9-65H2,1-8H3,(H,82,83)(H,84,85)/t69?,70-,71-,72-/m1/s1. The van der Waals surface area contributed by atoms with Gasteiger partial charge >= 0.3 is 39.5 Å². The maximum atomic E-state index is 13.1. The minimum atomic E-state index is -4.96. The number of carbonyl (C=O) groups is 4. The number of hydrogen-bond acceptors (Lipinski definition) is 15. The number of carbonyl (C=O) groups excluding carboxylic acids is 4. The molecule has 3 unspecified atom stereocenters. The van der Waals surface area contributed by atoms with Crippen LogP contribution in [0.3, 0.4) is 0 Å². The van der Waals surface area contributed by atoms with Gasteiger partial charge in [0.25, 0.3) is 0 Å². The van der Waals surface area contributed by atoms with Gasteiger partial charge in [-0.15, -0.1) is 0 Å². The lowest BCUT2D eigenvalue weighted by atomic mass is 9.99. The molecule has 0 rings (SSSR count). The van der Waals surface area contributed by atoms with Crippen LogP contribution in [0.25, 0.3) is 0 Å². The van der Waals surface area contributed by atoms with Crippen molar-refractivity contribution in [3.63, 3.8) is 0 Å². The molecule has 0 aliphatic rings. The van der Waals surface area contributed by atoms with Crippen LogP contribution in [0.4, 0.5) is 0 Å². The van der Waals surface area contributed by atoms with Crippen molar-refractivity contribution in [3.8, 4) is 0 Å². The summed E-state index contributed by atoms with van der Waals surface area (Å²) in [5, 5.41) is 10.6. The van der Waals surface area contributed by atoms with Crippen LogP contribution < -0.4 is 0 Å². The van der Waals surface area contributed by atoms with Gasteiger partial charge < -0.3 is 33.8 Å². The third-order valence-electron chi connectivity index (χ3n) is 17.9. The van der Waals surface area contributed by atoms with Crippen LogP contribution in [0, 0.1) is 23.7 Å². The van der Waals surface area contributed by atoms with Gasteiger partial charge in [-0.05, 0) is 49.4 Å². The van der Waals surface area contributed by atoms with Gasteiger partial charge in [-0.25, -0.2) is 9.13 Å². The molecule has 0 spiro atoms. The van der Waals surface area contributed by atoms with E-state index in [-0.39, 0.29) is 25.7 Å². The highest BCUT2D eigenvalue weighted by Gasteiger charge is 2.30. The second kappa shape index (κ2) is 65.4. The van der Waals surface area contributed by atoms with Gasteiger partial charge in [0.1, 0.15) is 19.3 Å². The Balaban J connectivity index is 5.21. The molecule has 0 aromatic rings. The van der Waals surface area contributed by atoms with Crippen molar-refractivity contribution in [2.75, 3.05) is 39.6 Å². The SMILES string of the molecule is CCC(C)CCCCCCCCCCCCCCCCC(=O)O[C@H](COC(=O)CCCCCCCCCCC(C)C)COP(=O)(O)OC[C@@H](O)COP(=O)(O)OC[C@@H](COC(=O)CCCCCCCCC(C)C)OC(=O)CCCCCCCCCCCCCCCCC(C)C. The molecule has 564 valence electrons. The summed E-state index contributed by atoms with van der Waals surface area (Å²) in [5.74, 6) is 0.923. The van der Waals surface area contributed by atoms with E-state index in [1.165, 1.54) is 180 Å². The predicted octanol–water partition coefficient (Wildman–Crippen LogP) is 22.0. The molecule has 0 bridgehead atoms. The van der Waals surface area contributed by atoms with E-state index in [4.69, 9.17) is 37.0 Å². The quantitative estimate of drug-likeness (QED) is 0.0222. The molecule has 0 aliphatic heterocycles. The summed E-state index contributed by atoms with van der Waals surface area (Å²) in [6.45, 7) is 14.2. The zero-order valence-electron chi connectivity index (χ0n) is 62.3. The Morgan fingerprint density at radius 2 is 0.505 bits per heavy atom. The average molecular weight is 1400 g/mol. The Hall–Kier alpha value is -1.94. The minimum absolute atomic E-state index is 0.106. The van der Waals surface area contributed by atoms with Crippen LogP contribution in [-0.4, -0.2) is 96.7 Å². The smallest absolute Gasteiger partial charge is 0.462 e. The van der Waals surface area contributed by atoms with E-state index in [9.17, 15) is 43.2 Å². The first kappa shape index (κ1) is 93.1. The number of phosphoric ester groups is 2. The largest absolute Gasteiger partial charge is 0.472 e. The van der Waals surface area contributed by atoms with Crippen molar-refractivity contribution in [2.45, 2.75) is 401 Å². The molecule has 6 atom stereocenters. The van der Waals surface area contributed by atoms with Crippen LogP contribution in [-0.2, 0) is 65.4 Å². The molecule has 17 nitrogen and oxygen atoms in total. The number of rotatable bonds is 73. The van der Waals surface area contributed by atoms with Crippen molar-refractivity contribution in [1.82, 2.24) is 0 Å². The van der Waals surface area contributed by atoms with Gasteiger partial charge in [0.2, 0.25) is 0 Å². The summed E-state index contributed by atoms with van der Waals surface area (Å²) in [4.78, 5) is 72.8. The molecule has 0 aromatic carbocycles. The summed E-state index contributed by atoms with van der Waals surface area (Å²) in [6, 6.07) is 0. The molecule has 0 saturated carbocycles. The Bertz CT molecular complexity index is 1870. The van der Waals surface area contributed by atoms with Gasteiger partial charge in [0.15, 0.2) is 12.2 Å². The second-order valence-electron chi connectivity index (χ2n) is 29.1. The summed E-state index contributed by atoms with van der Waals surface area (Å²) in [5.41, 5.74) is 0. The molecule has 0 radical (unpaired) electrons. The number of phosphoric acid groups is 2. The molecular weight excluding hydrogens is 1250 g/mol. The van der Waals surface area contributed by atoms with Crippen molar-refractivity contribution in [1.29, 1.82) is 0 Å². The van der Waals surface area contributed by atoms with E-state index >= 15 is 0 Å². The van der Waals surface area contributed by atoms with Crippen molar-refractivity contribution >= 4 is 39.5 Å². The number of hydrogen-bond donors (Lipinski definition) is 3. The summed E-state index contributed by atoms with van der Waals surface area (Å²) < 4.78 is 68.5. The van der Waals surface area contributed by atoms with E-state index < -0.39 is 97.5 Å². The third kappa shape index (κ3) is 69.0. The summed E-state index contributed by atoms with van der Waals surface area (Å²) in [6.07, 6.45) is 50.1. The molecule has 19 heteroatoms. The van der Waals surface area contributed by atoms with Gasteiger partial charge in [-0.2, -0.15) is 0 Å². The lowest BCUT2D eigenvalue weighted by Crippen LogP contribution is -2.30. The predicted molar refractivity (Wildman–Crippen MR) is 386 cm³/mol. The molecule has 95 heavy (non-hydrogen) atoms. The number of ether oxygens (including phenoxy) is 4. The van der Waals surface area contributed by atoms with E-state index in [2.05, 4.69) is 55.4 Å². The highest BCUT2D eigenvalue weighted by Crippen LogP contribution is 2.45. The molecule has 0 heterocycles. The minimum Gasteiger partial charge on any atom is -0.462 e. The monoisotopic (exact) mass is 1400 g/mol.